The van der Waals surface area contributed by atoms with Crippen molar-refractivity contribution in [3.05, 3.63) is 69.5 Å². The van der Waals surface area contributed by atoms with Crippen LogP contribution in [0.3, 0.4) is 0 Å². The molecule has 2 amide bonds. The molecule has 0 bridgehead atoms. The van der Waals surface area contributed by atoms with E-state index >= 15 is 0 Å². The third kappa shape index (κ3) is 4.17. The number of rotatable bonds is 2. The van der Waals surface area contributed by atoms with Crippen molar-refractivity contribution >= 4 is 22.9 Å². The second-order valence-electron chi connectivity index (χ2n) is 9.10. The number of aryl methyl sites for hydroxylation is 1. The van der Waals surface area contributed by atoms with E-state index in [4.69, 9.17) is 4.42 Å². The minimum Gasteiger partial charge on any atom is -0.408 e. The van der Waals surface area contributed by atoms with Gasteiger partial charge in [0, 0.05) is 36.8 Å². The first-order chi connectivity index (χ1) is 15.9. The number of hydrogen-bond acceptors (Lipinski definition) is 4. The van der Waals surface area contributed by atoms with Crippen LogP contribution in [0.15, 0.2) is 45.6 Å². The van der Waals surface area contributed by atoms with Gasteiger partial charge in [0.2, 0.25) is 0 Å². The highest BCUT2D eigenvalue weighted by Gasteiger charge is 2.38. The second-order valence-corrected chi connectivity index (χ2v) is 9.10. The number of amides is 2. The smallest absolute Gasteiger partial charge is 0.408 e. The highest BCUT2D eigenvalue weighted by molar-refractivity contribution is 5.97. The molecule has 5 rings (SSSR count). The number of carbonyl (C=O) groups is 2. The first-order valence-electron chi connectivity index (χ1n) is 11.4. The van der Waals surface area contributed by atoms with Gasteiger partial charge in [0.15, 0.2) is 5.58 Å². The van der Waals surface area contributed by atoms with Crippen LogP contribution >= 0.6 is 0 Å². The van der Waals surface area contributed by atoms with Crippen LogP contribution in [0.1, 0.15) is 52.0 Å². The van der Waals surface area contributed by atoms with Crippen LogP contribution in [0.25, 0.3) is 11.1 Å². The van der Waals surface area contributed by atoms with Gasteiger partial charge in [0.1, 0.15) is 5.82 Å². The van der Waals surface area contributed by atoms with Crippen LogP contribution < -0.4 is 5.76 Å². The van der Waals surface area contributed by atoms with Crippen LogP contribution in [-0.4, -0.2) is 52.3 Å². The fourth-order valence-corrected chi connectivity index (χ4v) is 5.31. The molecule has 8 heteroatoms. The van der Waals surface area contributed by atoms with Crippen LogP contribution in [0.5, 0.6) is 0 Å². The van der Waals surface area contributed by atoms with Gasteiger partial charge in [-0.2, -0.15) is 0 Å². The molecule has 1 saturated carbocycles. The van der Waals surface area contributed by atoms with Crippen molar-refractivity contribution in [3.8, 4) is 0 Å². The molecule has 7 nitrogen and oxygen atoms in total. The summed E-state index contributed by atoms with van der Waals surface area (Å²) >= 11 is 0. The van der Waals surface area contributed by atoms with Crippen LogP contribution in [0.2, 0.25) is 0 Å². The summed E-state index contributed by atoms with van der Waals surface area (Å²) in [7, 11) is 0. The Morgan fingerprint density at radius 3 is 2.67 bits per heavy atom. The molecular weight excluding hydrogens is 425 g/mol. The number of nitrogens with one attached hydrogen (secondary N) is 1. The lowest BCUT2D eigenvalue weighted by atomic mass is 9.83. The Morgan fingerprint density at radius 2 is 1.85 bits per heavy atom. The van der Waals surface area contributed by atoms with Gasteiger partial charge >= 0.3 is 5.76 Å². The number of nitrogens with zero attached hydrogens (tertiary/aromatic N) is 2. The summed E-state index contributed by atoms with van der Waals surface area (Å²) in [4.78, 5) is 44.5. The molecule has 1 aliphatic heterocycles. The van der Waals surface area contributed by atoms with E-state index in [1.54, 1.807) is 36.1 Å². The van der Waals surface area contributed by atoms with Gasteiger partial charge in [-0.05, 0) is 67.6 Å². The Bertz CT molecular complexity index is 1260. The number of H-pyrrole nitrogens is 1. The molecule has 0 radical (unpaired) electrons. The zero-order valence-corrected chi connectivity index (χ0v) is 18.5. The molecule has 2 unspecified atom stereocenters. The second kappa shape index (κ2) is 8.50. The molecule has 1 N–H and O–H groups in total. The van der Waals surface area contributed by atoms with E-state index in [1.165, 1.54) is 12.1 Å². The molecule has 2 aromatic carbocycles. The first kappa shape index (κ1) is 21.4. The Hall–Kier alpha value is -3.42. The zero-order valence-electron chi connectivity index (χ0n) is 18.5. The Kier molecular flexibility index (Phi) is 5.52. The quantitative estimate of drug-likeness (QED) is 0.643. The number of fused-ring (bicyclic) bond motifs is 2. The van der Waals surface area contributed by atoms with E-state index in [1.807, 2.05) is 4.90 Å². The Morgan fingerprint density at radius 1 is 1.03 bits per heavy atom. The van der Waals surface area contributed by atoms with E-state index in [0.29, 0.717) is 47.4 Å². The molecule has 2 atom stereocenters. The van der Waals surface area contributed by atoms with Crippen molar-refractivity contribution in [1.82, 2.24) is 14.8 Å². The van der Waals surface area contributed by atoms with Gasteiger partial charge in [-0.15, -0.1) is 0 Å². The van der Waals surface area contributed by atoms with Crippen LogP contribution in [-0.2, 0) is 0 Å². The van der Waals surface area contributed by atoms with Gasteiger partial charge in [-0.3, -0.25) is 14.6 Å². The SMILES string of the molecule is Cc1cc(F)cc(C(=O)N2CCN(C(=O)c3ccc4oc(=O)[nH]c4c3)CC3CCCCC32)c1. The number of carbonyl (C=O) groups excluding carboxylic acids is 2. The average Bonchev–Trinajstić information content (AvgIpc) is 3.05. The van der Waals surface area contributed by atoms with Crippen molar-refractivity contribution in [2.75, 3.05) is 19.6 Å². The lowest BCUT2D eigenvalue weighted by molar-refractivity contribution is 0.0583. The summed E-state index contributed by atoms with van der Waals surface area (Å²) in [5.74, 6) is -1.13. The minimum atomic E-state index is -0.559. The van der Waals surface area contributed by atoms with E-state index in [9.17, 15) is 18.8 Å². The highest BCUT2D eigenvalue weighted by Crippen LogP contribution is 2.33. The lowest BCUT2D eigenvalue weighted by Gasteiger charge is -2.38. The molecule has 1 saturated heterocycles. The summed E-state index contributed by atoms with van der Waals surface area (Å²) in [5.41, 5.74) is 2.41. The van der Waals surface area contributed by atoms with Gasteiger partial charge in [-0.25, -0.2) is 9.18 Å². The summed E-state index contributed by atoms with van der Waals surface area (Å²) in [6.07, 6.45) is 3.92. The number of halogens is 1. The number of aromatic amines is 1. The number of oxazole rings is 1. The van der Waals surface area contributed by atoms with Crippen LogP contribution in [0.4, 0.5) is 4.39 Å². The third-order valence-corrected chi connectivity index (χ3v) is 6.84. The van der Waals surface area contributed by atoms with E-state index < -0.39 is 11.6 Å². The van der Waals surface area contributed by atoms with Crippen molar-refractivity contribution < 1.29 is 18.4 Å². The van der Waals surface area contributed by atoms with Crippen LogP contribution in [0, 0.1) is 18.7 Å². The molecule has 2 fully saturated rings. The van der Waals surface area contributed by atoms with Crippen molar-refractivity contribution in [1.29, 1.82) is 0 Å². The zero-order chi connectivity index (χ0) is 23.1. The largest absolute Gasteiger partial charge is 0.417 e. The topological polar surface area (TPSA) is 86.6 Å². The highest BCUT2D eigenvalue weighted by atomic mass is 19.1. The lowest BCUT2D eigenvalue weighted by Crippen LogP contribution is -2.46. The Labute approximate surface area is 190 Å². The fourth-order valence-electron chi connectivity index (χ4n) is 5.31. The summed E-state index contributed by atoms with van der Waals surface area (Å²) < 4.78 is 19.0. The predicted molar refractivity (Wildman–Crippen MR) is 121 cm³/mol. The minimum absolute atomic E-state index is 0.0281. The molecule has 1 aromatic heterocycles. The number of benzene rings is 2. The first-order valence-corrected chi connectivity index (χ1v) is 11.4. The van der Waals surface area contributed by atoms with Gasteiger partial charge in [-0.1, -0.05) is 12.8 Å². The van der Waals surface area contributed by atoms with Gasteiger partial charge in [0.25, 0.3) is 11.8 Å². The van der Waals surface area contributed by atoms with Gasteiger partial charge < -0.3 is 14.2 Å². The molecule has 172 valence electrons. The third-order valence-electron chi connectivity index (χ3n) is 6.84. The van der Waals surface area contributed by atoms with Crippen molar-refractivity contribution in [2.45, 2.75) is 38.6 Å². The average molecular weight is 451 g/mol. The van der Waals surface area contributed by atoms with E-state index in [2.05, 4.69) is 4.98 Å². The molecule has 0 spiro atoms. The molecule has 33 heavy (non-hydrogen) atoms. The monoisotopic (exact) mass is 451 g/mol. The van der Waals surface area contributed by atoms with Crippen molar-refractivity contribution in [3.63, 3.8) is 0 Å². The maximum absolute atomic E-state index is 14.0. The maximum Gasteiger partial charge on any atom is 0.417 e. The standard InChI is InChI=1S/C25H26FN3O4/c1-15-10-18(12-19(26)11-15)24(31)29-9-8-28(14-17-4-2-3-5-21(17)29)23(30)16-6-7-22-20(13-16)27-25(32)33-22/h6-7,10-13,17,21H,2-5,8-9,14H2,1H3,(H,27,32). The molecular formula is C25H26FN3O4. The summed E-state index contributed by atoms with van der Waals surface area (Å²) in [6, 6.07) is 9.35. The molecule has 2 aliphatic rings. The Balaban J connectivity index is 1.42. The normalized spacial score (nSPS) is 21.0. The fraction of sp³-hybridized carbons (Fsp3) is 0.400. The van der Waals surface area contributed by atoms with Gasteiger partial charge in [0.05, 0.1) is 5.52 Å². The maximum atomic E-state index is 14.0. The summed E-state index contributed by atoms with van der Waals surface area (Å²) in [6.45, 7) is 3.13. The summed E-state index contributed by atoms with van der Waals surface area (Å²) in [5, 5.41) is 0. The van der Waals surface area contributed by atoms with E-state index in [0.717, 1.165) is 25.7 Å². The van der Waals surface area contributed by atoms with E-state index in [-0.39, 0.29) is 23.8 Å². The molecule has 3 aromatic rings. The number of hydrogen-bond donors (Lipinski definition) is 1. The predicted octanol–water partition coefficient (Wildman–Crippen LogP) is 3.73. The van der Waals surface area contributed by atoms with Crippen molar-refractivity contribution in [2.24, 2.45) is 5.92 Å². The molecule has 1 aliphatic carbocycles. The number of aromatic nitrogens is 1. The molecule has 2 heterocycles.